The quantitative estimate of drug-likeness (QED) is 0.692. The van der Waals surface area contributed by atoms with E-state index in [4.69, 9.17) is 11.6 Å². The Labute approximate surface area is 150 Å². The van der Waals surface area contributed by atoms with E-state index in [1.165, 1.54) is 6.92 Å². The number of carbonyl (C=O) groups excluding carboxylic acids is 3. The van der Waals surface area contributed by atoms with Crippen molar-refractivity contribution in [2.75, 3.05) is 18.4 Å². The minimum atomic E-state index is -0.299. The van der Waals surface area contributed by atoms with Crippen LogP contribution in [0, 0.1) is 0 Å². The molecule has 0 radical (unpaired) electrons. The molecule has 2 aromatic carbocycles. The Morgan fingerprint density at radius 1 is 0.920 bits per heavy atom. The lowest BCUT2D eigenvalue weighted by atomic mass is 10.2. The third-order valence-electron chi connectivity index (χ3n) is 3.26. The Balaban J connectivity index is 1.82. The standard InChI is InChI=1S/C18H18ClN3O3/c1-12(23)22-14-6-4-5-13(11-14)17(24)20-9-10-21-18(25)15-7-2-3-8-16(15)19/h2-8,11H,9-10H2,1H3,(H,20,24)(H,21,25)(H,22,23). The predicted molar refractivity (Wildman–Crippen MR) is 96.9 cm³/mol. The normalized spacial score (nSPS) is 10.0. The van der Waals surface area contributed by atoms with Crippen LogP contribution in [0.2, 0.25) is 5.02 Å². The maximum absolute atomic E-state index is 12.1. The van der Waals surface area contributed by atoms with Crippen LogP contribution >= 0.6 is 11.6 Å². The zero-order valence-electron chi connectivity index (χ0n) is 13.6. The summed E-state index contributed by atoms with van der Waals surface area (Å²) >= 11 is 5.95. The van der Waals surface area contributed by atoms with Crippen LogP contribution in [-0.4, -0.2) is 30.8 Å². The number of hydrogen-bond acceptors (Lipinski definition) is 3. The van der Waals surface area contributed by atoms with Gasteiger partial charge >= 0.3 is 0 Å². The molecule has 0 aromatic heterocycles. The molecule has 2 rings (SSSR count). The van der Waals surface area contributed by atoms with Crippen LogP contribution in [0.25, 0.3) is 0 Å². The van der Waals surface area contributed by atoms with Gasteiger partial charge in [-0.3, -0.25) is 14.4 Å². The summed E-state index contributed by atoms with van der Waals surface area (Å²) in [6, 6.07) is 13.3. The molecule has 2 aromatic rings. The van der Waals surface area contributed by atoms with Crippen LogP contribution in [0.3, 0.4) is 0 Å². The van der Waals surface area contributed by atoms with Gasteiger partial charge in [0.1, 0.15) is 0 Å². The number of benzene rings is 2. The van der Waals surface area contributed by atoms with E-state index in [1.54, 1.807) is 48.5 Å². The molecule has 0 spiro atoms. The van der Waals surface area contributed by atoms with E-state index in [-0.39, 0.29) is 30.8 Å². The molecule has 3 amide bonds. The lowest BCUT2D eigenvalue weighted by molar-refractivity contribution is -0.114. The Kier molecular flexibility index (Phi) is 6.54. The van der Waals surface area contributed by atoms with Gasteiger partial charge in [-0.1, -0.05) is 29.8 Å². The molecule has 0 unspecified atom stereocenters. The van der Waals surface area contributed by atoms with Crippen molar-refractivity contribution >= 4 is 35.0 Å². The number of amides is 3. The van der Waals surface area contributed by atoms with Gasteiger partial charge in [-0.15, -0.1) is 0 Å². The monoisotopic (exact) mass is 359 g/mol. The summed E-state index contributed by atoms with van der Waals surface area (Å²) in [5.41, 5.74) is 1.36. The van der Waals surface area contributed by atoms with Crippen LogP contribution in [0.1, 0.15) is 27.6 Å². The van der Waals surface area contributed by atoms with E-state index < -0.39 is 0 Å². The molecule has 0 bridgehead atoms. The molecule has 0 atom stereocenters. The number of hydrogen-bond donors (Lipinski definition) is 3. The van der Waals surface area contributed by atoms with Crippen molar-refractivity contribution in [3.8, 4) is 0 Å². The Morgan fingerprint density at radius 3 is 2.28 bits per heavy atom. The van der Waals surface area contributed by atoms with Crippen molar-refractivity contribution in [3.63, 3.8) is 0 Å². The maximum Gasteiger partial charge on any atom is 0.252 e. The fourth-order valence-corrected chi connectivity index (χ4v) is 2.36. The predicted octanol–water partition coefficient (Wildman–Crippen LogP) is 2.46. The first-order valence-corrected chi connectivity index (χ1v) is 8.04. The van der Waals surface area contributed by atoms with E-state index >= 15 is 0 Å². The molecular weight excluding hydrogens is 342 g/mol. The zero-order chi connectivity index (χ0) is 18.2. The number of nitrogens with one attached hydrogen (secondary N) is 3. The second-order valence-electron chi connectivity index (χ2n) is 5.25. The molecular formula is C18H18ClN3O3. The molecule has 3 N–H and O–H groups in total. The maximum atomic E-state index is 12.1. The fourth-order valence-electron chi connectivity index (χ4n) is 2.14. The molecule has 0 saturated heterocycles. The van der Waals surface area contributed by atoms with Gasteiger partial charge in [-0.25, -0.2) is 0 Å². The summed E-state index contributed by atoms with van der Waals surface area (Å²) < 4.78 is 0. The van der Waals surface area contributed by atoms with Gasteiger partial charge in [0.05, 0.1) is 10.6 Å². The van der Waals surface area contributed by atoms with Crippen LogP contribution < -0.4 is 16.0 Å². The van der Waals surface area contributed by atoms with Crippen molar-refractivity contribution in [3.05, 3.63) is 64.7 Å². The zero-order valence-corrected chi connectivity index (χ0v) is 14.4. The lowest BCUT2D eigenvalue weighted by Crippen LogP contribution is -2.34. The average molecular weight is 360 g/mol. The highest BCUT2D eigenvalue weighted by atomic mass is 35.5. The summed E-state index contributed by atoms with van der Waals surface area (Å²) in [4.78, 5) is 35.1. The van der Waals surface area contributed by atoms with Gasteiger partial charge in [0, 0.05) is 31.3 Å². The van der Waals surface area contributed by atoms with E-state index in [0.717, 1.165) is 0 Å². The van der Waals surface area contributed by atoms with Crippen molar-refractivity contribution in [2.24, 2.45) is 0 Å². The van der Waals surface area contributed by atoms with Crippen molar-refractivity contribution in [2.45, 2.75) is 6.92 Å². The first kappa shape index (κ1) is 18.5. The SMILES string of the molecule is CC(=O)Nc1cccc(C(=O)NCCNC(=O)c2ccccc2Cl)c1. The van der Waals surface area contributed by atoms with Gasteiger partial charge in [-0.05, 0) is 30.3 Å². The highest BCUT2D eigenvalue weighted by Crippen LogP contribution is 2.14. The van der Waals surface area contributed by atoms with Gasteiger partial charge < -0.3 is 16.0 Å². The fraction of sp³-hybridized carbons (Fsp3) is 0.167. The van der Waals surface area contributed by atoms with Gasteiger partial charge in [0.15, 0.2) is 0 Å². The molecule has 0 aliphatic heterocycles. The van der Waals surface area contributed by atoms with E-state index in [1.807, 2.05) is 0 Å². The molecule has 25 heavy (non-hydrogen) atoms. The van der Waals surface area contributed by atoms with Crippen molar-refractivity contribution in [1.82, 2.24) is 10.6 Å². The number of halogens is 1. The second-order valence-corrected chi connectivity index (χ2v) is 5.66. The number of rotatable bonds is 6. The van der Waals surface area contributed by atoms with E-state index in [9.17, 15) is 14.4 Å². The van der Waals surface area contributed by atoms with Gasteiger partial charge in [0.25, 0.3) is 11.8 Å². The topological polar surface area (TPSA) is 87.3 Å². The summed E-state index contributed by atoms with van der Waals surface area (Å²) in [7, 11) is 0. The van der Waals surface area contributed by atoms with Gasteiger partial charge in [0.2, 0.25) is 5.91 Å². The Morgan fingerprint density at radius 2 is 1.60 bits per heavy atom. The molecule has 0 aliphatic carbocycles. The molecule has 0 heterocycles. The first-order valence-electron chi connectivity index (χ1n) is 7.66. The molecule has 6 nitrogen and oxygen atoms in total. The second kappa shape index (κ2) is 8.84. The molecule has 130 valence electrons. The van der Waals surface area contributed by atoms with Crippen LogP contribution in [0.5, 0.6) is 0 Å². The Bertz CT molecular complexity index is 793. The lowest BCUT2D eigenvalue weighted by Gasteiger charge is -2.09. The van der Waals surface area contributed by atoms with Crippen molar-refractivity contribution in [1.29, 1.82) is 0 Å². The minimum absolute atomic E-state index is 0.208. The van der Waals surface area contributed by atoms with Crippen molar-refractivity contribution < 1.29 is 14.4 Å². The third-order valence-corrected chi connectivity index (χ3v) is 3.59. The van der Waals surface area contributed by atoms with Crippen LogP contribution in [-0.2, 0) is 4.79 Å². The summed E-state index contributed by atoms with van der Waals surface area (Å²) in [6.45, 7) is 1.93. The average Bonchev–Trinajstić information content (AvgIpc) is 2.58. The first-order chi connectivity index (χ1) is 12.0. The van der Waals surface area contributed by atoms with Crippen LogP contribution in [0.4, 0.5) is 5.69 Å². The summed E-state index contributed by atoms with van der Waals surface area (Å²) in [6.07, 6.45) is 0. The minimum Gasteiger partial charge on any atom is -0.350 e. The van der Waals surface area contributed by atoms with E-state index in [2.05, 4.69) is 16.0 Å². The molecule has 0 aliphatic rings. The summed E-state index contributed by atoms with van der Waals surface area (Å²) in [5.74, 6) is -0.799. The number of carbonyl (C=O) groups is 3. The van der Waals surface area contributed by atoms with E-state index in [0.29, 0.717) is 21.8 Å². The molecule has 0 saturated carbocycles. The molecule has 7 heteroatoms. The largest absolute Gasteiger partial charge is 0.350 e. The van der Waals surface area contributed by atoms with Crippen LogP contribution in [0.15, 0.2) is 48.5 Å². The molecule has 0 fully saturated rings. The Hall–Kier alpha value is -2.86. The highest BCUT2D eigenvalue weighted by molar-refractivity contribution is 6.33. The smallest absolute Gasteiger partial charge is 0.252 e. The summed E-state index contributed by atoms with van der Waals surface area (Å²) in [5, 5.41) is 8.38. The number of anilines is 1. The third kappa shape index (κ3) is 5.61. The van der Waals surface area contributed by atoms with Gasteiger partial charge in [-0.2, -0.15) is 0 Å². The highest BCUT2D eigenvalue weighted by Gasteiger charge is 2.09.